The van der Waals surface area contributed by atoms with Crippen LogP contribution in [0.25, 0.3) is 0 Å². The molecule has 1 rings (SSSR count). The Hall–Kier alpha value is 0.375. The van der Waals surface area contributed by atoms with Crippen molar-refractivity contribution in [1.29, 1.82) is 0 Å². The lowest BCUT2D eigenvalue weighted by molar-refractivity contribution is 0.156. The lowest BCUT2D eigenvalue weighted by atomic mass is 9.72. The van der Waals surface area contributed by atoms with Crippen LogP contribution in [0.1, 0.15) is 44.9 Å². The zero-order chi connectivity index (χ0) is 8.16. The summed E-state index contributed by atoms with van der Waals surface area (Å²) < 4.78 is 5.21. The Morgan fingerprint density at radius 3 is 1.91 bits per heavy atom. The number of rotatable bonds is 1. The fourth-order valence-corrected chi connectivity index (χ4v) is 1.93. The fraction of sp³-hybridized carbons (Fsp3) is 1.00. The van der Waals surface area contributed by atoms with Crippen molar-refractivity contribution >= 4 is 20.8 Å². The fourth-order valence-electron chi connectivity index (χ4n) is 1.74. The van der Waals surface area contributed by atoms with Gasteiger partial charge in [-0.1, -0.05) is 32.1 Å². The summed E-state index contributed by atoms with van der Waals surface area (Å²) in [5, 5.41) is 0. The topological polar surface area (TPSA) is 9.23 Å². The number of hydrogen-bond acceptors (Lipinski definition) is 2. The van der Waals surface area contributed by atoms with E-state index < -0.39 is 0 Å². The van der Waals surface area contributed by atoms with Gasteiger partial charge in [-0.2, -0.15) is 0 Å². The van der Waals surface area contributed by atoms with E-state index >= 15 is 0 Å². The van der Waals surface area contributed by atoms with Gasteiger partial charge in [0.1, 0.15) is 7.85 Å². The van der Waals surface area contributed by atoms with E-state index in [4.69, 9.17) is 4.18 Å². The highest BCUT2D eigenvalue weighted by atomic mass is 32.1. The van der Waals surface area contributed by atoms with E-state index in [2.05, 4.69) is 20.8 Å². The molecule has 0 spiro atoms. The van der Waals surface area contributed by atoms with E-state index in [1.165, 1.54) is 44.9 Å². The van der Waals surface area contributed by atoms with Gasteiger partial charge >= 0.3 is 0 Å². The van der Waals surface area contributed by atoms with E-state index in [1.54, 1.807) is 0 Å². The van der Waals surface area contributed by atoms with Gasteiger partial charge in [-0.05, 0) is 25.8 Å². The first kappa shape index (κ1) is 9.46. The van der Waals surface area contributed by atoms with Gasteiger partial charge in [0.2, 0.25) is 0 Å². The second kappa shape index (κ2) is 4.41. The summed E-state index contributed by atoms with van der Waals surface area (Å²) in [5.74, 6) is 0. The molecule has 0 amide bonds. The van der Waals surface area contributed by atoms with E-state index in [1.807, 2.05) is 0 Å². The summed E-state index contributed by atoms with van der Waals surface area (Å²) in [5.41, 5.74) is 0.0591. The minimum atomic E-state index is 0.0591. The average molecular weight is 172 g/mol. The average Bonchev–Trinajstić information content (AvgIpc) is 1.98. The predicted molar refractivity (Wildman–Crippen MR) is 53.7 cm³/mol. The molecule has 1 aliphatic rings. The van der Waals surface area contributed by atoms with Gasteiger partial charge in [0.15, 0.2) is 0 Å². The van der Waals surface area contributed by atoms with Crippen LogP contribution in [0.4, 0.5) is 0 Å². The Morgan fingerprint density at radius 1 is 1.00 bits per heavy atom. The highest BCUT2D eigenvalue weighted by Gasteiger charge is 2.24. The van der Waals surface area contributed by atoms with Crippen LogP contribution in [-0.4, -0.2) is 13.3 Å². The maximum absolute atomic E-state index is 5.21. The molecule has 0 heterocycles. The molecular weight excluding hydrogens is 155 g/mol. The van der Waals surface area contributed by atoms with Crippen LogP contribution in [0, 0.1) is 0 Å². The third kappa shape index (κ3) is 3.08. The highest BCUT2D eigenvalue weighted by molar-refractivity contribution is 7.75. The van der Waals surface area contributed by atoms with Gasteiger partial charge in [0.05, 0.1) is 0 Å². The minimum Gasteiger partial charge on any atom is -0.321 e. The van der Waals surface area contributed by atoms with Crippen LogP contribution in [0.15, 0.2) is 0 Å². The standard InChI is InChI=1S/C8H17BOS/c9-8(10-11)6-4-2-1-3-5-7-8/h11H,1-7,9H2. The van der Waals surface area contributed by atoms with Crippen molar-refractivity contribution < 1.29 is 4.18 Å². The van der Waals surface area contributed by atoms with E-state index in [-0.39, 0.29) is 5.50 Å². The van der Waals surface area contributed by atoms with E-state index in [9.17, 15) is 0 Å². The summed E-state index contributed by atoms with van der Waals surface area (Å²) in [7, 11) is 2.17. The molecule has 11 heavy (non-hydrogen) atoms. The maximum Gasteiger partial charge on any atom is 0.144 e. The zero-order valence-corrected chi connectivity index (χ0v) is 8.20. The van der Waals surface area contributed by atoms with Gasteiger partial charge in [-0.25, -0.2) is 0 Å². The van der Waals surface area contributed by atoms with Crippen molar-refractivity contribution in [3.8, 4) is 0 Å². The van der Waals surface area contributed by atoms with Crippen molar-refractivity contribution in [2.75, 3.05) is 0 Å². The first-order valence-electron chi connectivity index (χ1n) is 4.59. The normalized spacial score (nSPS) is 25.5. The van der Waals surface area contributed by atoms with E-state index in [0.29, 0.717) is 0 Å². The zero-order valence-electron chi connectivity index (χ0n) is 7.31. The summed E-state index contributed by atoms with van der Waals surface area (Å²) in [6, 6.07) is 0. The molecule has 0 aromatic rings. The largest absolute Gasteiger partial charge is 0.321 e. The quantitative estimate of drug-likeness (QED) is 0.361. The van der Waals surface area contributed by atoms with Crippen molar-refractivity contribution in [2.45, 2.75) is 50.4 Å². The molecule has 3 heteroatoms. The lowest BCUT2D eigenvalue weighted by Gasteiger charge is -2.28. The molecule has 0 unspecified atom stereocenters. The van der Waals surface area contributed by atoms with Crippen LogP contribution in [-0.2, 0) is 4.18 Å². The molecule has 1 aliphatic carbocycles. The van der Waals surface area contributed by atoms with Crippen molar-refractivity contribution in [1.82, 2.24) is 0 Å². The van der Waals surface area contributed by atoms with Gasteiger partial charge < -0.3 is 4.18 Å². The molecule has 1 nitrogen and oxygen atoms in total. The molecule has 64 valence electrons. The van der Waals surface area contributed by atoms with Crippen LogP contribution in [0.5, 0.6) is 0 Å². The SMILES string of the molecule is BC1(OS)CCCCCCC1. The molecule has 0 aromatic carbocycles. The van der Waals surface area contributed by atoms with Gasteiger partial charge in [0, 0.05) is 5.50 Å². The molecule has 0 bridgehead atoms. The van der Waals surface area contributed by atoms with Crippen LogP contribution in [0.3, 0.4) is 0 Å². The second-order valence-electron chi connectivity index (χ2n) is 3.81. The Bertz CT molecular complexity index is 111. The Kier molecular flexibility index (Phi) is 3.80. The Labute approximate surface area is 75.9 Å². The third-order valence-electron chi connectivity index (χ3n) is 2.63. The van der Waals surface area contributed by atoms with Crippen molar-refractivity contribution in [3.05, 3.63) is 0 Å². The molecule has 0 aliphatic heterocycles. The molecule has 1 saturated carbocycles. The Balaban J connectivity index is 2.37. The van der Waals surface area contributed by atoms with E-state index in [0.717, 1.165) is 0 Å². The monoisotopic (exact) mass is 172 g/mol. The molecule has 0 N–H and O–H groups in total. The molecule has 0 atom stereocenters. The van der Waals surface area contributed by atoms with Gasteiger partial charge in [-0.15, -0.1) is 0 Å². The molecule has 0 radical (unpaired) electrons. The molecule has 0 aromatic heterocycles. The molecule has 0 saturated heterocycles. The van der Waals surface area contributed by atoms with Gasteiger partial charge in [0.25, 0.3) is 0 Å². The molecular formula is C8H17BOS. The van der Waals surface area contributed by atoms with Crippen LogP contribution in [0.2, 0.25) is 0 Å². The summed E-state index contributed by atoms with van der Waals surface area (Å²) in [6.07, 6.45) is 9.10. The first-order chi connectivity index (χ1) is 5.27. The summed E-state index contributed by atoms with van der Waals surface area (Å²) in [6.45, 7) is 0. The predicted octanol–water partition coefficient (Wildman–Crippen LogP) is 1.92. The van der Waals surface area contributed by atoms with Crippen molar-refractivity contribution in [3.63, 3.8) is 0 Å². The molecule has 1 fully saturated rings. The minimum absolute atomic E-state index is 0.0591. The smallest absolute Gasteiger partial charge is 0.144 e. The highest BCUT2D eigenvalue weighted by Crippen LogP contribution is 2.27. The van der Waals surface area contributed by atoms with Crippen LogP contribution >= 0.6 is 12.9 Å². The first-order valence-corrected chi connectivity index (χ1v) is 4.96. The maximum atomic E-state index is 5.21. The summed E-state index contributed by atoms with van der Waals surface area (Å²) >= 11 is 3.93. The van der Waals surface area contributed by atoms with Crippen molar-refractivity contribution in [2.24, 2.45) is 0 Å². The van der Waals surface area contributed by atoms with Gasteiger partial charge in [-0.3, -0.25) is 0 Å². The second-order valence-corrected chi connectivity index (χ2v) is 3.99. The number of thiol groups is 1. The van der Waals surface area contributed by atoms with Crippen LogP contribution < -0.4 is 0 Å². The number of hydrogen-bond donors (Lipinski definition) is 1. The lowest BCUT2D eigenvalue weighted by Crippen LogP contribution is -2.30. The Morgan fingerprint density at radius 2 is 1.45 bits per heavy atom. The third-order valence-corrected chi connectivity index (χ3v) is 3.07. The summed E-state index contributed by atoms with van der Waals surface area (Å²) in [4.78, 5) is 0.